The Morgan fingerprint density at radius 3 is 3.00 bits per heavy atom. The minimum atomic E-state index is 0.427. The minimum absolute atomic E-state index is 0.427. The van der Waals surface area contributed by atoms with Crippen LogP contribution in [-0.2, 0) is 0 Å². The predicted molar refractivity (Wildman–Crippen MR) is 38.0 cm³/mol. The lowest BCUT2D eigenvalue weighted by Crippen LogP contribution is -2.55. The molecule has 1 unspecified atom stereocenters. The first-order valence-electron chi connectivity index (χ1n) is 3.40. The molecule has 0 saturated carbocycles. The Morgan fingerprint density at radius 1 is 1.56 bits per heavy atom. The minimum Gasteiger partial charge on any atom is -0.313 e. The summed E-state index contributed by atoms with van der Waals surface area (Å²) in [4.78, 5) is 0. The summed E-state index contributed by atoms with van der Waals surface area (Å²) in [6.45, 7) is 7.63. The van der Waals surface area contributed by atoms with E-state index in [-0.39, 0.29) is 0 Å². The van der Waals surface area contributed by atoms with Gasteiger partial charge in [-0.15, -0.1) is 0 Å². The maximum absolute atomic E-state index is 3.70. The highest BCUT2D eigenvalue weighted by molar-refractivity contribution is 4.72. The van der Waals surface area contributed by atoms with Crippen LogP contribution < -0.4 is 16.0 Å². The second-order valence-corrected chi connectivity index (χ2v) is 2.16. The van der Waals surface area contributed by atoms with Gasteiger partial charge in [0.1, 0.15) is 0 Å². The third kappa shape index (κ3) is 2.30. The van der Waals surface area contributed by atoms with Crippen LogP contribution in [0.5, 0.6) is 0 Å². The number of hydrogen-bond donors (Lipinski definition) is 3. The number of hydrogen-bond acceptors (Lipinski definition) is 3. The van der Waals surface area contributed by atoms with Crippen LogP contribution in [0.15, 0.2) is 0 Å². The van der Waals surface area contributed by atoms with Gasteiger partial charge in [0.2, 0.25) is 0 Å². The maximum Gasteiger partial charge on any atom is 0.0700 e. The van der Waals surface area contributed by atoms with Crippen LogP contribution >= 0.6 is 0 Å². The van der Waals surface area contributed by atoms with E-state index in [0.717, 1.165) is 26.2 Å². The molecule has 3 heteroatoms. The molecule has 1 rings (SSSR count). The van der Waals surface area contributed by atoms with Gasteiger partial charge < -0.3 is 10.6 Å². The molecule has 0 amide bonds. The Morgan fingerprint density at radius 2 is 2.44 bits per heavy atom. The van der Waals surface area contributed by atoms with E-state index in [2.05, 4.69) is 22.9 Å². The van der Waals surface area contributed by atoms with Crippen LogP contribution in [-0.4, -0.2) is 32.3 Å². The summed E-state index contributed by atoms with van der Waals surface area (Å²) in [5, 5.41) is 9.77. The highest BCUT2D eigenvalue weighted by Gasteiger charge is 2.08. The lowest BCUT2D eigenvalue weighted by Gasteiger charge is -2.24. The van der Waals surface area contributed by atoms with Crippen molar-refractivity contribution in [2.24, 2.45) is 0 Å². The molecule has 53 valence electrons. The fourth-order valence-corrected chi connectivity index (χ4v) is 0.972. The van der Waals surface area contributed by atoms with Gasteiger partial charge in [0.05, 0.1) is 6.17 Å². The van der Waals surface area contributed by atoms with Gasteiger partial charge in [-0.05, 0) is 13.5 Å². The summed E-state index contributed by atoms with van der Waals surface area (Å²) in [6, 6.07) is 0. The molecule has 3 N–H and O–H groups in total. The van der Waals surface area contributed by atoms with Crippen molar-refractivity contribution in [2.45, 2.75) is 6.17 Å². The Bertz CT molecular complexity index is 65.9. The molecule has 0 bridgehead atoms. The van der Waals surface area contributed by atoms with Gasteiger partial charge in [-0.1, -0.05) is 0 Å². The Labute approximate surface area is 56.2 Å². The summed E-state index contributed by atoms with van der Waals surface area (Å²) in [5.74, 6) is 0. The van der Waals surface area contributed by atoms with Crippen molar-refractivity contribution < 1.29 is 0 Å². The van der Waals surface area contributed by atoms with E-state index in [1.165, 1.54) is 0 Å². The van der Waals surface area contributed by atoms with Crippen molar-refractivity contribution in [1.29, 1.82) is 0 Å². The molecule has 1 heterocycles. The molecule has 0 spiro atoms. The normalized spacial score (nSPS) is 28.3. The van der Waals surface area contributed by atoms with Crippen molar-refractivity contribution >= 4 is 0 Å². The van der Waals surface area contributed by atoms with Crippen LogP contribution in [0.1, 0.15) is 0 Å². The topological polar surface area (TPSA) is 36.1 Å². The van der Waals surface area contributed by atoms with Crippen molar-refractivity contribution in [2.75, 3.05) is 26.2 Å². The molecule has 1 saturated heterocycles. The van der Waals surface area contributed by atoms with Gasteiger partial charge in [0.15, 0.2) is 0 Å². The maximum atomic E-state index is 3.70. The second kappa shape index (κ2) is 3.82. The van der Waals surface area contributed by atoms with E-state index in [9.17, 15) is 0 Å². The number of rotatable bonds is 2. The van der Waals surface area contributed by atoms with E-state index < -0.39 is 0 Å². The SMILES string of the molecule is [CH2]CNC1CNCCN1. The molecule has 3 nitrogen and oxygen atoms in total. The lowest BCUT2D eigenvalue weighted by atomic mass is 10.3. The molecular formula is C6H14N3. The zero-order valence-corrected chi connectivity index (χ0v) is 5.61. The molecule has 1 radical (unpaired) electrons. The molecule has 0 aliphatic carbocycles. The van der Waals surface area contributed by atoms with Crippen molar-refractivity contribution in [3.63, 3.8) is 0 Å². The van der Waals surface area contributed by atoms with Crippen LogP contribution in [0.4, 0.5) is 0 Å². The molecule has 0 aromatic heterocycles. The molecular weight excluding hydrogens is 114 g/mol. The fraction of sp³-hybridized carbons (Fsp3) is 0.833. The predicted octanol–water partition coefficient (Wildman–Crippen LogP) is -1.07. The molecule has 1 aliphatic rings. The van der Waals surface area contributed by atoms with Crippen molar-refractivity contribution in [3.8, 4) is 0 Å². The number of piperazine rings is 1. The summed E-state index contributed by atoms with van der Waals surface area (Å²) >= 11 is 0. The van der Waals surface area contributed by atoms with E-state index in [1.54, 1.807) is 0 Å². The first-order chi connectivity index (χ1) is 4.43. The third-order valence-corrected chi connectivity index (χ3v) is 1.43. The average molecular weight is 128 g/mol. The third-order valence-electron chi connectivity index (χ3n) is 1.43. The highest BCUT2D eigenvalue weighted by Crippen LogP contribution is 1.79. The van der Waals surface area contributed by atoms with Gasteiger partial charge in [-0.25, -0.2) is 0 Å². The van der Waals surface area contributed by atoms with Crippen molar-refractivity contribution in [1.82, 2.24) is 16.0 Å². The number of nitrogens with one attached hydrogen (secondary N) is 3. The van der Waals surface area contributed by atoms with E-state index in [1.807, 2.05) is 0 Å². The summed E-state index contributed by atoms with van der Waals surface area (Å²) in [5.41, 5.74) is 0. The van der Waals surface area contributed by atoms with Crippen LogP contribution in [0.3, 0.4) is 0 Å². The van der Waals surface area contributed by atoms with E-state index >= 15 is 0 Å². The van der Waals surface area contributed by atoms with Gasteiger partial charge in [-0.2, -0.15) is 0 Å². The molecule has 0 aromatic rings. The van der Waals surface area contributed by atoms with Gasteiger partial charge in [0, 0.05) is 19.6 Å². The van der Waals surface area contributed by atoms with Gasteiger partial charge >= 0.3 is 0 Å². The van der Waals surface area contributed by atoms with Crippen molar-refractivity contribution in [3.05, 3.63) is 6.92 Å². The fourth-order valence-electron chi connectivity index (χ4n) is 0.972. The van der Waals surface area contributed by atoms with Crippen LogP contribution in [0.2, 0.25) is 0 Å². The smallest absolute Gasteiger partial charge is 0.0700 e. The van der Waals surface area contributed by atoms with Crippen LogP contribution in [0, 0.1) is 6.92 Å². The molecule has 9 heavy (non-hydrogen) atoms. The monoisotopic (exact) mass is 128 g/mol. The molecule has 1 fully saturated rings. The van der Waals surface area contributed by atoms with E-state index in [4.69, 9.17) is 0 Å². The summed E-state index contributed by atoms with van der Waals surface area (Å²) in [6.07, 6.45) is 0.427. The zero-order valence-electron chi connectivity index (χ0n) is 5.61. The Balaban J connectivity index is 2.08. The Hall–Kier alpha value is -0.120. The molecule has 1 aliphatic heterocycles. The molecule has 0 aromatic carbocycles. The lowest BCUT2D eigenvalue weighted by molar-refractivity contribution is 0.371. The summed E-state index contributed by atoms with van der Waals surface area (Å²) in [7, 11) is 0. The van der Waals surface area contributed by atoms with Gasteiger partial charge in [-0.3, -0.25) is 5.32 Å². The zero-order chi connectivity index (χ0) is 6.53. The van der Waals surface area contributed by atoms with Gasteiger partial charge in [0.25, 0.3) is 0 Å². The highest BCUT2D eigenvalue weighted by atomic mass is 15.2. The summed E-state index contributed by atoms with van der Waals surface area (Å²) < 4.78 is 0. The van der Waals surface area contributed by atoms with E-state index in [0.29, 0.717) is 6.17 Å². The second-order valence-electron chi connectivity index (χ2n) is 2.16. The average Bonchev–Trinajstić information content (AvgIpc) is 1.91. The standard InChI is InChI=1S/C6H14N3/c1-2-8-6-5-7-3-4-9-6/h6-9H,1-5H2. The van der Waals surface area contributed by atoms with Crippen LogP contribution in [0.25, 0.3) is 0 Å². The molecule has 1 atom stereocenters. The largest absolute Gasteiger partial charge is 0.313 e. The Kier molecular flexibility index (Phi) is 2.97. The first-order valence-corrected chi connectivity index (χ1v) is 3.40. The first kappa shape index (κ1) is 6.99. The quantitative estimate of drug-likeness (QED) is 0.443.